The molecule has 0 amide bonds. The van der Waals surface area contributed by atoms with Crippen molar-refractivity contribution in [3.8, 4) is 0 Å². The number of benzene rings is 2. The summed E-state index contributed by atoms with van der Waals surface area (Å²) in [5.41, 5.74) is 4.25. The van der Waals surface area contributed by atoms with Gasteiger partial charge in [0, 0.05) is 0 Å². The molecule has 0 fully saturated rings. The summed E-state index contributed by atoms with van der Waals surface area (Å²) in [7, 11) is 0. The van der Waals surface area contributed by atoms with E-state index in [1.807, 2.05) is 6.07 Å². The van der Waals surface area contributed by atoms with Gasteiger partial charge in [-0.3, -0.25) is 0 Å². The molecule has 100 valence electrons. The van der Waals surface area contributed by atoms with Gasteiger partial charge in [-0.1, -0.05) is 41.9 Å². The quantitative estimate of drug-likeness (QED) is 0.645. The first-order valence-electron chi connectivity index (χ1n) is 6.13. The highest BCUT2D eigenvalue weighted by atomic mass is 35.5. The van der Waals surface area contributed by atoms with Gasteiger partial charge in [0.25, 0.3) is 0 Å². The molecule has 2 aromatic carbocycles. The Morgan fingerprint density at radius 1 is 1.11 bits per heavy atom. The number of hydrogen-bond acceptors (Lipinski definition) is 0. The second-order valence-corrected chi connectivity index (χ2v) is 5.64. The van der Waals surface area contributed by atoms with Crippen LogP contribution in [-0.2, 0) is 6.42 Å². The molecule has 0 aliphatic rings. The minimum Gasteiger partial charge on any atom is -0.205 e. The number of aryl methyl sites for hydroxylation is 2. The summed E-state index contributed by atoms with van der Waals surface area (Å²) in [4.78, 5) is 0. The van der Waals surface area contributed by atoms with E-state index in [9.17, 15) is 4.39 Å². The standard InChI is InChI=1S/C16H15Cl2F/c1-10-6-7-12(8-11(10)2)9-14(17)13-4-3-5-15(19)16(13)18/h3-8,14H,9H2,1-2H3. The van der Waals surface area contributed by atoms with Gasteiger partial charge in [0.2, 0.25) is 0 Å². The predicted octanol–water partition coefficient (Wildman–Crippen LogP) is 5.62. The molecular weight excluding hydrogens is 282 g/mol. The molecule has 0 saturated carbocycles. The van der Waals surface area contributed by atoms with Crippen LogP contribution in [0.25, 0.3) is 0 Å². The molecule has 0 aliphatic carbocycles. The Labute approximate surface area is 123 Å². The van der Waals surface area contributed by atoms with Crippen LogP contribution in [0.15, 0.2) is 36.4 Å². The number of rotatable bonds is 3. The Bertz CT molecular complexity index is 593. The summed E-state index contributed by atoms with van der Waals surface area (Å²) >= 11 is 12.3. The summed E-state index contributed by atoms with van der Waals surface area (Å²) in [6.07, 6.45) is 0.631. The first-order chi connectivity index (χ1) is 8.99. The highest BCUT2D eigenvalue weighted by molar-refractivity contribution is 6.33. The zero-order valence-electron chi connectivity index (χ0n) is 10.9. The third-order valence-corrected chi connectivity index (χ3v) is 4.09. The summed E-state index contributed by atoms with van der Waals surface area (Å²) in [5.74, 6) is -0.426. The van der Waals surface area contributed by atoms with Crippen molar-refractivity contribution in [1.29, 1.82) is 0 Å². The highest BCUT2D eigenvalue weighted by Crippen LogP contribution is 2.32. The van der Waals surface area contributed by atoms with E-state index >= 15 is 0 Å². The molecule has 0 N–H and O–H groups in total. The first kappa shape index (κ1) is 14.4. The third kappa shape index (κ3) is 3.29. The third-order valence-electron chi connectivity index (χ3n) is 3.31. The lowest BCUT2D eigenvalue weighted by Gasteiger charge is -2.13. The van der Waals surface area contributed by atoms with E-state index in [1.165, 1.54) is 17.2 Å². The molecule has 19 heavy (non-hydrogen) atoms. The molecule has 0 spiro atoms. The van der Waals surface area contributed by atoms with Crippen LogP contribution in [-0.4, -0.2) is 0 Å². The summed E-state index contributed by atoms with van der Waals surface area (Å²) < 4.78 is 13.4. The van der Waals surface area contributed by atoms with Crippen LogP contribution in [0.5, 0.6) is 0 Å². The van der Waals surface area contributed by atoms with E-state index in [2.05, 4.69) is 26.0 Å². The van der Waals surface area contributed by atoms with Crippen molar-refractivity contribution in [1.82, 2.24) is 0 Å². The number of alkyl halides is 1. The fraction of sp³-hybridized carbons (Fsp3) is 0.250. The van der Waals surface area contributed by atoms with Crippen LogP contribution < -0.4 is 0 Å². The zero-order valence-corrected chi connectivity index (χ0v) is 12.4. The fourth-order valence-electron chi connectivity index (χ4n) is 2.01. The van der Waals surface area contributed by atoms with E-state index in [0.717, 1.165) is 5.56 Å². The molecule has 1 atom stereocenters. The van der Waals surface area contributed by atoms with Crippen molar-refractivity contribution in [3.63, 3.8) is 0 Å². The molecule has 0 aliphatic heterocycles. The van der Waals surface area contributed by atoms with Gasteiger partial charge in [0.05, 0.1) is 10.4 Å². The molecule has 2 rings (SSSR count). The molecule has 0 bridgehead atoms. The Hall–Kier alpha value is -1.05. The van der Waals surface area contributed by atoms with Gasteiger partial charge >= 0.3 is 0 Å². The van der Waals surface area contributed by atoms with Gasteiger partial charge in [-0.25, -0.2) is 4.39 Å². The molecule has 2 aromatic rings. The average Bonchev–Trinajstić information content (AvgIpc) is 2.37. The van der Waals surface area contributed by atoms with Crippen molar-refractivity contribution in [2.75, 3.05) is 0 Å². The lowest BCUT2D eigenvalue weighted by molar-refractivity contribution is 0.625. The van der Waals surface area contributed by atoms with Gasteiger partial charge in [0.1, 0.15) is 5.82 Å². The molecule has 0 nitrogen and oxygen atoms in total. The van der Waals surface area contributed by atoms with Crippen LogP contribution in [0.1, 0.15) is 27.6 Å². The van der Waals surface area contributed by atoms with E-state index < -0.39 is 5.82 Å². The van der Waals surface area contributed by atoms with Crippen molar-refractivity contribution in [2.24, 2.45) is 0 Å². The van der Waals surface area contributed by atoms with E-state index in [0.29, 0.717) is 12.0 Å². The van der Waals surface area contributed by atoms with Gasteiger partial charge in [-0.15, -0.1) is 11.6 Å². The monoisotopic (exact) mass is 296 g/mol. The van der Waals surface area contributed by atoms with Crippen LogP contribution >= 0.6 is 23.2 Å². The second-order valence-electron chi connectivity index (χ2n) is 4.73. The minimum absolute atomic E-state index is 0.117. The van der Waals surface area contributed by atoms with Crippen molar-refractivity contribution in [2.45, 2.75) is 25.6 Å². The molecular formula is C16H15Cl2F. The summed E-state index contributed by atoms with van der Waals surface area (Å²) in [6.45, 7) is 4.14. The largest absolute Gasteiger partial charge is 0.205 e. The summed E-state index contributed by atoms with van der Waals surface area (Å²) in [5, 5.41) is -0.211. The fourth-order valence-corrected chi connectivity index (χ4v) is 2.68. The predicted molar refractivity (Wildman–Crippen MR) is 79.6 cm³/mol. The Morgan fingerprint density at radius 3 is 2.53 bits per heavy atom. The molecule has 0 radical (unpaired) electrons. The number of halogens is 3. The maximum absolute atomic E-state index is 13.4. The topological polar surface area (TPSA) is 0 Å². The molecule has 1 unspecified atom stereocenters. The van der Waals surface area contributed by atoms with Crippen molar-refractivity contribution >= 4 is 23.2 Å². The smallest absolute Gasteiger partial charge is 0.142 e. The maximum Gasteiger partial charge on any atom is 0.142 e. The summed E-state index contributed by atoms with van der Waals surface area (Å²) in [6, 6.07) is 11.0. The first-order valence-corrected chi connectivity index (χ1v) is 6.94. The molecule has 0 aromatic heterocycles. The van der Waals surface area contributed by atoms with Gasteiger partial charge in [-0.05, 0) is 48.6 Å². The van der Waals surface area contributed by atoms with E-state index in [1.54, 1.807) is 12.1 Å². The van der Waals surface area contributed by atoms with Gasteiger partial charge < -0.3 is 0 Å². The number of hydrogen-bond donors (Lipinski definition) is 0. The lowest BCUT2D eigenvalue weighted by atomic mass is 10.00. The molecule has 0 saturated heterocycles. The Balaban J connectivity index is 2.23. The lowest BCUT2D eigenvalue weighted by Crippen LogP contribution is -1.99. The Kier molecular flexibility index (Phi) is 4.49. The second kappa shape index (κ2) is 5.94. The van der Waals surface area contributed by atoms with Gasteiger partial charge in [0.15, 0.2) is 0 Å². The zero-order chi connectivity index (χ0) is 14.0. The van der Waals surface area contributed by atoms with Crippen LogP contribution in [0.3, 0.4) is 0 Å². The van der Waals surface area contributed by atoms with Gasteiger partial charge in [-0.2, -0.15) is 0 Å². The van der Waals surface area contributed by atoms with Crippen molar-refractivity contribution < 1.29 is 4.39 Å². The van der Waals surface area contributed by atoms with Crippen LogP contribution in [0.2, 0.25) is 5.02 Å². The van der Waals surface area contributed by atoms with E-state index in [4.69, 9.17) is 23.2 Å². The molecule has 0 heterocycles. The Morgan fingerprint density at radius 2 is 1.84 bits per heavy atom. The van der Waals surface area contributed by atoms with Crippen LogP contribution in [0.4, 0.5) is 4.39 Å². The SMILES string of the molecule is Cc1ccc(CC(Cl)c2cccc(F)c2Cl)cc1C. The normalized spacial score (nSPS) is 12.5. The maximum atomic E-state index is 13.4. The van der Waals surface area contributed by atoms with Crippen LogP contribution in [0, 0.1) is 19.7 Å². The minimum atomic E-state index is -0.426. The van der Waals surface area contributed by atoms with Crippen molar-refractivity contribution in [3.05, 3.63) is 69.5 Å². The highest BCUT2D eigenvalue weighted by Gasteiger charge is 2.15. The average molecular weight is 297 g/mol. The van der Waals surface area contributed by atoms with E-state index in [-0.39, 0.29) is 10.4 Å². The molecule has 3 heteroatoms.